The first-order valence-corrected chi connectivity index (χ1v) is 7.38. The molecule has 0 bridgehead atoms. The van der Waals surface area contributed by atoms with Crippen molar-refractivity contribution in [3.05, 3.63) is 52.2 Å². The molecule has 1 aromatic rings. The molecule has 104 valence electrons. The highest BCUT2D eigenvalue weighted by Crippen LogP contribution is 2.60. The maximum Gasteiger partial charge on any atom is 0.368 e. The van der Waals surface area contributed by atoms with Crippen molar-refractivity contribution in [2.24, 2.45) is 0 Å². The lowest BCUT2D eigenvalue weighted by Gasteiger charge is -2.18. The minimum absolute atomic E-state index is 0.0400. The van der Waals surface area contributed by atoms with E-state index in [-0.39, 0.29) is 18.5 Å². The first-order chi connectivity index (χ1) is 9.03. The molecular weight excluding hydrogens is 269 g/mol. The van der Waals surface area contributed by atoms with Crippen LogP contribution < -0.4 is 0 Å². The zero-order valence-corrected chi connectivity index (χ0v) is 11.7. The Morgan fingerprint density at radius 3 is 2.21 bits per heavy atom. The third-order valence-corrected chi connectivity index (χ3v) is 4.35. The summed E-state index contributed by atoms with van der Waals surface area (Å²) in [6, 6.07) is 8.41. The fraction of sp³-hybridized carbons (Fsp3) is 0.333. The van der Waals surface area contributed by atoms with Gasteiger partial charge in [-0.15, -0.1) is 0 Å². The van der Waals surface area contributed by atoms with Crippen LogP contribution in [-0.4, -0.2) is 18.1 Å². The largest absolute Gasteiger partial charge is 0.368 e. The quantitative estimate of drug-likeness (QED) is 0.435. The van der Waals surface area contributed by atoms with Gasteiger partial charge in [-0.3, -0.25) is 14.7 Å². The molecule has 0 radical (unpaired) electrons. The third-order valence-electron chi connectivity index (χ3n) is 2.19. The van der Waals surface area contributed by atoms with Gasteiger partial charge in [-0.05, 0) is 19.4 Å². The van der Waals surface area contributed by atoms with E-state index in [1.807, 2.05) is 0 Å². The first kappa shape index (κ1) is 15.6. The van der Waals surface area contributed by atoms with Crippen LogP contribution in [0, 0.1) is 10.1 Å². The number of rotatable bonds is 7. The molecule has 0 N–H and O–H groups in total. The molecule has 1 aromatic carbocycles. The number of hydrogen-bond acceptors (Lipinski definition) is 5. The van der Waals surface area contributed by atoms with Crippen LogP contribution in [0.5, 0.6) is 0 Å². The molecule has 0 aliphatic rings. The normalized spacial score (nSPS) is 12.4. The fourth-order valence-corrected chi connectivity index (χ4v) is 3.26. The minimum atomic E-state index is -3.69. The number of hydrogen-bond donors (Lipinski definition) is 0. The van der Waals surface area contributed by atoms with Gasteiger partial charge in [0.2, 0.25) is 6.20 Å². The van der Waals surface area contributed by atoms with Gasteiger partial charge in [0.25, 0.3) is 0 Å². The second-order valence-corrected chi connectivity index (χ2v) is 5.49. The predicted molar refractivity (Wildman–Crippen MR) is 72.3 cm³/mol. The van der Waals surface area contributed by atoms with Gasteiger partial charge in [0.05, 0.1) is 18.1 Å². The summed E-state index contributed by atoms with van der Waals surface area (Å²) >= 11 is 0. The Labute approximate surface area is 111 Å². The molecule has 0 fully saturated rings. The van der Waals surface area contributed by atoms with Crippen LogP contribution in [0.2, 0.25) is 0 Å². The molecular formula is C12H16NO5P. The number of benzene rings is 1. The van der Waals surface area contributed by atoms with Gasteiger partial charge < -0.3 is 9.05 Å². The third kappa shape index (κ3) is 4.28. The Morgan fingerprint density at radius 1 is 1.26 bits per heavy atom. The van der Waals surface area contributed by atoms with Crippen molar-refractivity contribution in [2.75, 3.05) is 13.2 Å². The van der Waals surface area contributed by atoms with Crippen LogP contribution in [0.15, 0.2) is 36.5 Å². The summed E-state index contributed by atoms with van der Waals surface area (Å²) in [6.07, 6.45) is 0.682. The smallest absolute Gasteiger partial charge is 0.305 e. The van der Waals surface area contributed by atoms with Crippen molar-refractivity contribution in [2.45, 2.75) is 13.8 Å². The summed E-state index contributed by atoms with van der Waals surface area (Å²) in [6.45, 7) is 3.58. The SMILES string of the molecule is CCOP(=O)(OCC)/C(=C/[N+](=O)[O-])c1ccccc1. The van der Waals surface area contributed by atoms with Gasteiger partial charge in [-0.25, -0.2) is 0 Å². The van der Waals surface area contributed by atoms with Crippen molar-refractivity contribution in [1.82, 2.24) is 0 Å². The van der Waals surface area contributed by atoms with Gasteiger partial charge in [0.15, 0.2) is 0 Å². The van der Waals surface area contributed by atoms with Gasteiger partial charge in [0, 0.05) is 0 Å². The van der Waals surface area contributed by atoms with Gasteiger partial charge in [0.1, 0.15) is 5.31 Å². The fourth-order valence-electron chi connectivity index (χ4n) is 1.53. The van der Waals surface area contributed by atoms with E-state index in [0.717, 1.165) is 0 Å². The molecule has 1 rings (SSSR count). The van der Waals surface area contributed by atoms with Gasteiger partial charge in [-0.2, -0.15) is 0 Å². The number of nitro groups is 1. The molecule has 19 heavy (non-hydrogen) atoms. The van der Waals surface area contributed by atoms with Crippen LogP contribution in [-0.2, 0) is 13.6 Å². The maximum absolute atomic E-state index is 12.6. The Bertz CT molecular complexity index is 490. The van der Waals surface area contributed by atoms with Crippen LogP contribution >= 0.6 is 7.60 Å². The number of nitrogens with zero attached hydrogens (tertiary/aromatic N) is 1. The molecule has 0 heterocycles. The molecule has 6 nitrogen and oxygen atoms in total. The average Bonchev–Trinajstić information content (AvgIpc) is 2.37. The summed E-state index contributed by atoms with van der Waals surface area (Å²) in [4.78, 5) is 10.1. The Morgan fingerprint density at radius 2 is 1.79 bits per heavy atom. The van der Waals surface area contributed by atoms with Crippen LogP contribution in [0.4, 0.5) is 0 Å². The second-order valence-electron chi connectivity index (χ2n) is 3.50. The van der Waals surface area contributed by atoms with Crippen LogP contribution in [0.1, 0.15) is 19.4 Å². The lowest BCUT2D eigenvalue weighted by molar-refractivity contribution is -0.401. The van der Waals surface area contributed by atoms with Crippen LogP contribution in [0.25, 0.3) is 5.31 Å². The molecule has 7 heteroatoms. The van der Waals surface area contributed by atoms with Crippen molar-refractivity contribution in [3.63, 3.8) is 0 Å². The predicted octanol–water partition coefficient (Wildman–Crippen LogP) is 3.53. The molecule has 0 unspecified atom stereocenters. The monoisotopic (exact) mass is 285 g/mol. The first-order valence-electron chi connectivity index (χ1n) is 5.84. The molecule has 0 saturated heterocycles. The molecule has 0 aliphatic carbocycles. The highest BCUT2D eigenvalue weighted by Gasteiger charge is 2.33. The summed E-state index contributed by atoms with van der Waals surface area (Å²) in [5.41, 5.74) is 0.449. The van der Waals surface area contributed by atoms with E-state index in [2.05, 4.69) is 0 Å². The van der Waals surface area contributed by atoms with Gasteiger partial charge in [-0.1, -0.05) is 30.3 Å². The molecule has 0 atom stereocenters. The summed E-state index contributed by atoms with van der Waals surface area (Å²) in [5, 5.41) is 10.7. The second kappa shape index (κ2) is 7.19. The van der Waals surface area contributed by atoms with E-state index in [1.165, 1.54) is 0 Å². The standard InChI is InChI=1S/C12H16NO5P/c1-3-17-19(16,18-4-2)12(10-13(14)15)11-8-6-5-7-9-11/h5-10H,3-4H2,1-2H3/b12-10+. The van der Waals surface area contributed by atoms with Crippen molar-refractivity contribution in [3.8, 4) is 0 Å². The topological polar surface area (TPSA) is 78.7 Å². The highest BCUT2D eigenvalue weighted by molar-refractivity contribution is 7.65. The van der Waals surface area contributed by atoms with E-state index in [1.54, 1.807) is 44.2 Å². The van der Waals surface area contributed by atoms with E-state index < -0.39 is 12.5 Å². The zero-order valence-electron chi connectivity index (χ0n) is 10.8. The molecule has 0 amide bonds. The van der Waals surface area contributed by atoms with E-state index in [9.17, 15) is 14.7 Å². The summed E-state index contributed by atoms with van der Waals surface area (Å²) in [7, 11) is -3.69. The minimum Gasteiger partial charge on any atom is -0.305 e. The lowest BCUT2D eigenvalue weighted by Crippen LogP contribution is -2.01. The van der Waals surface area contributed by atoms with Gasteiger partial charge >= 0.3 is 7.60 Å². The van der Waals surface area contributed by atoms with Crippen molar-refractivity contribution in [1.29, 1.82) is 0 Å². The lowest BCUT2D eigenvalue weighted by atomic mass is 10.2. The summed E-state index contributed by atoms with van der Waals surface area (Å²) < 4.78 is 22.9. The van der Waals surface area contributed by atoms with E-state index >= 15 is 0 Å². The average molecular weight is 285 g/mol. The Balaban J connectivity index is 3.31. The highest BCUT2D eigenvalue weighted by atomic mass is 31.2. The van der Waals surface area contributed by atoms with Crippen molar-refractivity contribution < 1.29 is 18.5 Å². The molecule has 0 spiro atoms. The maximum atomic E-state index is 12.6. The Hall–Kier alpha value is -1.49. The van der Waals surface area contributed by atoms with E-state index in [4.69, 9.17) is 9.05 Å². The molecule has 0 aliphatic heterocycles. The summed E-state index contributed by atoms with van der Waals surface area (Å²) in [5.74, 6) is 0. The van der Waals surface area contributed by atoms with Crippen molar-refractivity contribution >= 4 is 12.9 Å². The van der Waals surface area contributed by atoms with E-state index in [0.29, 0.717) is 11.8 Å². The zero-order chi connectivity index (χ0) is 14.3. The molecule has 0 aromatic heterocycles. The van der Waals surface area contributed by atoms with Crippen LogP contribution in [0.3, 0.4) is 0 Å². The molecule has 0 saturated carbocycles. The Kier molecular flexibility index (Phi) is 5.89.